The summed E-state index contributed by atoms with van der Waals surface area (Å²) in [6.45, 7) is 5.78. The number of aryl methyl sites for hydroxylation is 1. The van der Waals surface area contributed by atoms with Gasteiger partial charge in [0.25, 0.3) is 0 Å². The normalized spacial score (nSPS) is 18.4. The van der Waals surface area contributed by atoms with Gasteiger partial charge in [-0.3, -0.25) is 4.98 Å². The first-order chi connectivity index (χ1) is 15.3. The highest BCUT2D eigenvalue weighted by Crippen LogP contribution is 2.42. The van der Waals surface area contributed by atoms with E-state index in [1.807, 2.05) is 31.3 Å². The lowest BCUT2D eigenvalue weighted by molar-refractivity contribution is 0.277. The van der Waals surface area contributed by atoms with Crippen molar-refractivity contribution in [3.63, 3.8) is 0 Å². The number of phenolic OH excluding ortho intramolecular Hbond substituents is 1. The number of likely N-dealkylation sites (N-methyl/N-ethyl adjacent to an activating group) is 1. The summed E-state index contributed by atoms with van der Waals surface area (Å²) in [6.07, 6.45) is 1.81. The fourth-order valence-electron chi connectivity index (χ4n) is 4.43. The van der Waals surface area contributed by atoms with E-state index < -0.39 is 0 Å². The molecule has 168 valence electrons. The van der Waals surface area contributed by atoms with E-state index in [1.165, 1.54) is 0 Å². The number of phenols is 1. The van der Waals surface area contributed by atoms with Gasteiger partial charge in [0.2, 0.25) is 0 Å². The molecule has 0 spiro atoms. The third-order valence-electron chi connectivity index (χ3n) is 5.95. The Morgan fingerprint density at radius 1 is 1.19 bits per heavy atom. The van der Waals surface area contributed by atoms with Gasteiger partial charge in [0.05, 0.1) is 23.5 Å². The van der Waals surface area contributed by atoms with Crippen LogP contribution in [0.3, 0.4) is 0 Å². The summed E-state index contributed by atoms with van der Waals surface area (Å²) >= 11 is 12.0. The van der Waals surface area contributed by atoms with E-state index in [0.29, 0.717) is 10.7 Å². The highest BCUT2D eigenvalue weighted by atomic mass is 35.5. The molecule has 1 saturated heterocycles. The molecule has 3 aromatic rings. The number of pyridine rings is 1. The molecule has 0 bridgehead atoms. The monoisotopic (exact) mass is 469 g/mol. The molecule has 1 fully saturated rings. The van der Waals surface area contributed by atoms with Crippen LogP contribution >= 0.6 is 23.8 Å². The van der Waals surface area contributed by atoms with Crippen molar-refractivity contribution in [1.82, 2.24) is 24.7 Å². The molecule has 0 amide bonds. The summed E-state index contributed by atoms with van der Waals surface area (Å²) < 4.78 is 2.05. The zero-order valence-corrected chi connectivity index (χ0v) is 20.3. The molecule has 6 nitrogen and oxygen atoms in total. The molecule has 0 unspecified atom stereocenters. The summed E-state index contributed by atoms with van der Waals surface area (Å²) in [5, 5.41) is 15.4. The summed E-state index contributed by atoms with van der Waals surface area (Å²) in [6, 6.07) is 13.1. The van der Waals surface area contributed by atoms with Gasteiger partial charge in [-0.1, -0.05) is 17.7 Å². The van der Waals surface area contributed by atoms with E-state index >= 15 is 0 Å². The minimum Gasteiger partial charge on any atom is -0.506 e. The molecule has 2 atom stereocenters. The molecule has 2 N–H and O–H groups in total. The number of nitrogens with zero attached hydrogens (tertiary/aromatic N) is 4. The summed E-state index contributed by atoms with van der Waals surface area (Å²) in [7, 11) is 4.12. The van der Waals surface area contributed by atoms with Crippen molar-refractivity contribution >= 4 is 28.9 Å². The molecule has 2 aromatic heterocycles. The molecule has 0 saturated carbocycles. The molecule has 1 aliphatic rings. The fourth-order valence-corrected chi connectivity index (χ4v) is 4.92. The predicted molar refractivity (Wildman–Crippen MR) is 133 cm³/mol. The molecule has 32 heavy (non-hydrogen) atoms. The van der Waals surface area contributed by atoms with Gasteiger partial charge in [-0.25, -0.2) is 0 Å². The lowest BCUT2D eigenvalue weighted by atomic mass is 9.96. The highest BCUT2D eigenvalue weighted by molar-refractivity contribution is 7.80. The number of halogens is 1. The topological polar surface area (TPSA) is 56.6 Å². The lowest BCUT2D eigenvalue weighted by Crippen LogP contribution is -2.35. The van der Waals surface area contributed by atoms with Crippen LogP contribution in [0.15, 0.2) is 48.7 Å². The summed E-state index contributed by atoms with van der Waals surface area (Å²) in [5.41, 5.74) is 4.81. The van der Waals surface area contributed by atoms with Crippen molar-refractivity contribution < 1.29 is 5.11 Å². The Morgan fingerprint density at radius 2 is 1.97 bits per heavy atom. The number of aromatic hydroxyl groups is 1. The van der Waals surface area contributed by atoms with E-state index in [2.05, 4.69) is 51.8 Å². The molecular formula is C24H28ClN5OS. The SMILES string of the molecule is Cc1cc([C@H]2[C@H](c3ccccn3)NC(=S)N2CCN(C)C)c(C)n1-c1cc(Cl)ccc1O. The van der Waals surface area contributed by atoms with Gasteiger partial charge in [0.15, 0.2) is 5.11 Å². The minimum absolute atomic E-state index is 0.0290. The predicted octanol–water partition coefficient (Wildman–Crippen LogP) is 4.38. The fraction of sp³-hybridized carbons (Fsp3) is 0.333. The quantitative estimate of drug-likeness (QED) is 0.522. The first-order valence-electron chi connectivity index (χ1n) is 10.6. The van der Waals surface area contributed by atoms with Crippen molar-refractivity contribution in [3.8, 4) is 11.4 Å². The maximum atomic E-state index is 10.5. The molecule has 0 radical (unpaired) electrons. The van der Waals surface area contributed by atoms with Crippen molar-refractivity contribution in [2.24, 2.45) is 0 Å². The van der Waals surface area contributed by atoms with Crippen molar-refractivity contribution in [1.29, 1.82) is 0 Å². The van der Waals surface area contributed by atoms with Crippen LogP contribution in [0.2, 0.25) is 5.02 Å². The van der Waals surface area contributed by atoms with Crippen LogP contribution in [0, 0.1) is 13.8 Å². The smallest absolute Gasteiger partial charge is 0.170 e. The maximum Gasteiger partial charge on any atom is 0.170 e. The Labute approximate surface area is 199 Å². The largest absolute Gasteiger partial charge is 0.506 e. The van der Waals surface area contributed by atoms with E-state index in [0.717, 1.165) is 40.8 Å². The first-order valence-corrected chi connectivity index (χ1v) is 11.4. The molecule has 4 rings (SSSR count). The molecule has 8 heteroatoms. The average Bonchev–Trinajstić information content (AvgIpc) is 3.24. The van der Waals surface area contributed by atoms with Crippen LogP contribution in [0.1, 0.15) is 34.7 Å². The minimum atomic E-state index is -0.0761. The van der Waals surface area contributed by atoms with E-state index in [-0.39, 0.29) is 17.8 Å². The number of benzene rings is 1. The molecule has 1 aliphatic heterocycles. The van der Waals surface area contributed by atoms with Crippen molar-refractivity contribution in [3.05, 3.63) is 76.3 Å². The molecule has 0 aliphatic carbocycles. The summed E-state index contributed by atoms with van der Waals surface area (Å²) in [4.78, 5) is 9.02. The van der Waals surface area contributed by atoms with E-state index in [1.54, 1.807) is 18.2 Å². The molecular weight excluding hydrogens is 442 g/mol. The second-order valence-electron chi connectivity index (χ2n) is 8.42. The average molecular weight is 470 g/mol. The number of hydrogen-bond acceptors (Lipinski definition) is 4. The van der Waals surface area contributed by atoms with Crippen LogP contribution in [0.25, 0.3) is 5.69 Å². The van der Waals surface area contributed by atoms with Gasteiger partial charge in [0, 0.05) is 35.7 Å². The van der Waals surface area contributed by atoms with Gasteiger partial charge in [-0.05, 0) is 82.1 Å². The van der Waals surface area contributed by atoms with Crippen LogP contribution in [0.4, 0.5) is 0 Å². The Kier molecular flexibility index (Phi) is 6.42. The van der Waals surface area contributed by atoms with Gasteiger partial charge in [0.1, 0.15) is 5.75 Å². The Bertz CT molecular complexity index is 1130. The second kappa shape index (κ2) is 9.10. The van der Waals surface area contributed by atoms with Gasteiger partial charge in [-0.15, -0.1) is 0 Å². The third-order valence-corrected chi connectivity index (χ3v) is 6.54. The van der Waals surface area contributed by atoms with Gasteiger partial charge in [-0.2, -0.15) is 0 Å². The van der Waals surface area contributed by atoms with Crippen LogP contribution in [0.5, 0.6) is 5.75 Å². The van der Waals surface area contributed by atoms with Crippen LogP contribution in [-0.4, -0.2) is 56.8 Å². The number of rotatable bonds is 6. The lowest BCUT2D eigenvalue weighted by Gasteiger charge is -2.29. The van der Waals surface area contributed by atoms with Crippen LogP contribution in [-0.2, 0) is 0 Å². The van der Waals surface area contributed by atoms with Crippen LogP contribution < -0.4 is 5.32 Å². The van der Waals surface area contributed by atoms with Crippen molar-refractivity contribution in [2.45, 2.75) is 25.9 Å². The number of hydrogen-bond donors (Lipinski definition) is 2. The molecule has 3 heterocycles. The van der Waals surface area contributed by atoms with E-state index in [9.17, 15) is 5.11 Å². The first kappa shape index (κ1) is 22.6. The Hall–Kier alpha value is -2.61. The zero-order chi connectivity index (χ0) is 23.0. The van der Waals surface area contributed by atoms with Gasteiger partial charge < -0.3 is 24.8 Å². The number of thiocarbonyl (C=S) groups is 1. The molecule has 1 aromatic carbocycles. The second-order valence-corrected chi connectivity index (χ2v) is 9.24. The van der Waals surface area contributed by atoms with Crippen molar-refractivity contribution in [2.75, 3.05) is 27.2 Å². The Morgan fingerprint density at radius 3 is 2.66 bits per heavy atom. The van der Waals surface area contributed by atoms with E-state index in [4.69, 9.17) is 23.8 Å². The summed E-state index contributed by atoms with van der Waals surface area (Å²) in [5.74, 6) is 0.188. The number of aromatic nitrogens is 2. The van der Waals surface area contributed by atoms with Gasteiger partial charge >= 0.3 is 0 Å². The third kappa shape index (κ3) is 4.20. The standard InChI is InChI=1S/C24H28ClN5OS/c1-15-13-18(16(2)30(15)20-14-17(25)8-9-21(20)31)23-22(19-7-5-6-10-26-19)27-24(32)29(23)12-11-28(3)4/h5-10,13-14,22-23,31H,11-12H2,1-4H3,(H,27,32)/t22-,23-/m0/s1. The number of nitrogens with one attached hydrogen (secondary N) is 1. The highest BCUT2D eigenvalue weighted by Gasteiger charge is 2.41. The zero-order valence-electron chi connectivity index (χ0n) is 18.7. The maximum absolute atomic E-state index is 10.5. The Balaban J connectivity index is 1.83.